The summed E-state index contributed by atoms with van der Waals surface area (Å²) in [6.07, 6.45) is 3.49. The van der Waals surface area contributed by atoms with Crippen LogP contribution < -0.4 is 0 Å². The molecular weight excluding hydrogens is 398 g/mol. The van der Waals surface area contributed by atoms with Gasteiger partial charge in [-0.3, -0.25) is 19.7 Å². The van der Waals surface area contributed by atoms with E-state index in [9.17, 15) is 10.1 Å². The van der Waals surface area contributed by atoms with Crippen molar-refractivity contribution in [3.63, 3.8) is 0 Å². The van der Waals surface area contributed by atoms with E-state index in [-0.39, 0.29) is 15.9 Å². The maximum atomic E-state index is 11.1. The summed E-state index contributed by atoms with van der Waals surface area (Å²) in [5, 5.41) is 20.7. The fourth-order valence-corrected chi connectivity index (χ4v) is 4.08. The number of nitro benzene ring substituents is 1. The van der Waals surface area contributed by atoms with Gasteiger partial charge in [0, 0.05) is 35.3 Å². The molecule has 4 aromatic rings. The molecule has 2 heterocycles. The number of nitro groups is 1. The molecule has 8 heteroatoms. The Morgan fingerprint density at radius 1 is 1.07 bits per heavy atom. The van der Waals surface area contributed by atoms with Crippen molar-refractivity contribution in [3.8, 4) is 11.4 Å². The summed E-state index contributed by atoms with van der Waals surface area (Å²) in [6.45, 7) is 2.62. The molecule has 0 bridgehead atoms. The van der Waals surface area contributed by atoms with E-state index in [4.69, 9.17) is 0 Å². The zero-order valence-corrected chi connectivity index (χ0v) is 17.1. The summed E-state index contributed by atoms with van der Waals surface area (Å²) in [5.74, 6) is 0.737. The minimum atomic E-state index is -0.376. The van der Waals surface area contributed by atoms with Gasteiger partial charge in [-0.05, 0) is 30.2 Å². The van der Waals surface area contributed by atoms with Crippen LogP contribution in [0.2, 0.25) is 0 Å². The monoisotopic (exact) mass is 417 g/mol. The van der Waals surface area contributed by atoms with E-state index >= 15 is 0 Å². The van der Waals surface area contributed by atoms with Crippen molar-refractivity contribution in [2.75, 3.05) is 0 Å². The van der Waals surface area contributed by atoms with Gasteiger partial charge >= 0.3 is 0 Å². The van der Waals surface area contributed by atoms with Crippen molar-refractivity contribution >= 4 is 17.4 Å². The number of nitrogens with zero attached hydrogens (tertiary/aromatic N) is 5. The number of hydrogen-bond donors (Lipinski definition) is 0. The molecule has 0 fully saturated rings. The smallest absolute Gasteiger partial charge is 0.269 e. The van der Waals surface area contributed by atoms with Crippen LogP contribution in [0.4, 0.5) is 5.69 Å². The summed E-state index contributed by atoms with van der Waals surface area (Å²) in [5.41, 5.74) is 2.97. The lowest BCUT2D eigenvalue weighted by molar-refractivity contribution is -0.384. The Labute approximate surface area is 178 Å². The molecule has 7 nitrogen and oxygen atoms in total. The molecule has 0 aliphatic carbocycles. The zero-order chi connectivity index (χ0) is 20.9. The first-order chi connectivity index (χ1) is 14.6. The molecule has 2 aromatic heterocycles. The van der Waals surface area contributed by atoms with E-state index < -0.39 is 0 Å². The van der Waals surface area contributed by atoms with Crippen LogP contribution in [0.5, 0.6) is 0 Å². The number of non-ortho nitro benzene ring substituents is 1. The molecule has 0 aliphatic rings. The van der Waals surface area contributed by atoms with Crippen LogP contribution in [-0.4, -0.2) is 24.7 Å². The molecule has 150 valence electrons. The van der Waals surface area contributed by atoms with E-state index in [1.807, 2.05) is 43.3 Å². The molecule has 4 rings (SSSR count). The summed E-state index contributed by atoms with van der Waals surface area (Å²) >= 11 is 1.52. The Bertz CT molecular complexity index is 1150. The number of rotatable bonds is 7. The lowest BCUT2D eigenvalue weighted by Crippen LogP contribution is -2.05. The lowest BCUT2D eigenvalue weighted by Gasteiger charge is -2.14. The van der Waals surface area contributed by atoms with Gasteiger partial charge in [0.25, 0.3) is 5.69 Å². The Morgan fingerprint density at radius 3 is 2.63 bits per heavy atom. The standard InChI is InChI=1S/C22H19N5O2S/c1-16(18-9-5-11-20(13-18)27(28)29)30-22-25-24-21(19-10-6-12-23-14-19)26(22)15-17-7-3-2-4-8-17/h2-14,16H,15H2,1H3/t16-/m0/s1. The van der Waals surface area contributed by atoms with Crippen molar-refractivity contribution in [1.82, 2.24) is 19.7 Å². The molecule has 0 spiro atoms. The van der Waals surface area contributed by atoms with Crippen molar-refractivity contribution in [2.45, 2.75) is 23.9 Å². The van der Waals surface area contributed by atoms with Crippen LogP contribution in [-0.2, 0) is 6.54 Å². The van der Waals surface area contributed by atoms with E-state index in [0.717, 1.165) is 27.7 Å². The molecule has 0 unspecified atom stereocenters. The summed E-state index contributed by atoms with van der Waals surface area (Å²) in [7, 11) is 0. The molecule has 0 amide bonds. The van der Waals surface area contributed by atoms with E-state index in [2.05, 4.69) is 31.9 Å². The van der Waals surface area contributed by atoms with Gasteiger partial charge in [-0.25, -0.2) is 0 Å². The van der Waals surface area contributed by atoms with Crippen LogP contribution >= 0.6 is 11.8 Å². The highest BCUT2D eigenvalue weighted by molar-refractivity contribution is 7.99. The van der Waals surface area contributed by atoms with Gasteiger partial charge in [0.2, 0.25) is 0 Å². The molecule has 0 N–H and O–H groups in total. The number of aromatic nitrogens is 4. The normalized spacial score (nSPS) is 11.9. The third-order valence-electron chi connectivity index (χ3n) is 4.65. The molecule has 0 saturated carbocycles. The Morgan fingerprint density at radius 2 is 1.90 bits per heavy atom. The third kappa shape index (κ3) is 4.38. The molecule has 30 heavy (non-hydrogen) atoms. The molecular formula is C22H19N5O2S. The van der Waals surface area contributed by atoms with E-state index in [0.29, 0.717) is 6.54 Å². The molecule has 0 aliphatic heterocycles. The first-order valence-electron chi connectivity index (χ1n) is 9.40. The zero-order valence-electron chi connectivity index (χ0n) is 16.3. The van der Waals surface area contributed by atoms with Crippen LogP contribution in [0.15, 0.2) is 84.3 Å². The second kappa shape index (κ2) is 8.87. The summed E-state index contributed by atoms with van der Waals surface area (Å²) < 4.78 is 2.06. The SMILES string of the molecule is C[C@H](Sc1nnc(-c2cccnc2)n1Cc1ccccc1)c1cccc([N+](=O)[O-])c1. The number of pyridine rings is 1. The second-order valence-electron chi connectivity index (χ2n) is 6.73. The van der Waals surface area contributed by atoms with E-state index in [1.165, 1.54) is 17.8 Å². The van der Waals surface area contributed by atoms with Crippen LogP contribution in [0.3, 0.4) is 0 Å². The number of thioether (sulfide) groups is 1. The minimum absolute atomic E-state index is 0.0367. The van der Waals surface area contributed by atoms with Crippen LogP contribution in [0.25, 0.3) is 11.4 Å². The summed E-state index contributed by atoms with van der Waals surface area (Å²) in [6, 6.07) is 20.6. The van der Waals surface area contributed by atoms with Gasteiger partial charge in [0.1, 0.15) is 0 Å². The van der Waals surface area contributed by atoms with Crippen LogP contribution in [0, 0.1) is 10.1 Å². The van der Waals surface area contributed by atoms with Gasteiger partial charge in [0.05, 0.1) is 11.5 Å². The first-order valence-corrected chi connectivity index (χ1v) is 10.3. The highest BCUT2D eigenvalue weighted by atomic mass is 32.2. The average Bonchev–Trinajstić information content (AvgIpc) is 3.17. The topological polar surface area (TPSA) is 86.7 Å². The minimum Gasteiger partial charge on any atom is -0.297 e. The van der Waals surface area contributed by atoms with E-state index in [1.54, 1.807) is 24.5 Å². The van der Waals surface area contributed by atoms with Crippen molar-refractivity contribution in [3.05, 3.63) is 100 Å². The maximum Gasteiger partial charge on any atom is 0.269 e. The molecule has 0 saturated heterocycles. The Balaban J connectivity index is 1.68. The Kier molecular flexibility index (Phi) is 5.85. The number of benzene rings is 2. The van der Waals surface area contributed by atoms with Gasteiger partial charge in [-0.2, -0.15) is 0 Å². The largest absolute Gasteiger partial charge is 0.297 e. The summed E-state index contributed by atoms with van der Waals surface area (Å²) in [4.78, 5) is 14.9. The van der Waals surface area contributed by atoms with Crippen LogP contribution in [0.1, 0.15) is 23.3 Å². The second-order valence-corrected chi connectivity index (χ2v) is 8.04. The Hall–Kier alpha value is -3.52. The molecule has 0 radical (unpaired) electrons. The lowest BCUT2D eigenvalue weighted by atomic mass is 10.1. The molecule has 1 atom stereocenters. The van der Waals surface area contributed by atoms with Gasteiger partial charge < -0.3 is 0 Å². The predicted molar refractivity (Wildman–Crippen MR) is 116 cm³/mol. The fraction of sp³-hybridized carbons (Fsp3) is 0.136. The highest BCUT2D eigenvalue weighted by Gasteiger charge is 2.19. The third-order valence-corrected chi connectivity index (χ3v) is 5.79. The van der Waals surface area contributed by atoms with Crippen molar-refractivity contribution < 1.29 is 4.92 Å². The first kappa shape index (κ1) is 19.8. The van der Waals surface area contributed by atoms with Crippen molar-refractivity contribution in [2.24, 2.45) is 0 Å². The van der Waals surface area contributed by atoms with Gasteiger partial charge in [-0.1, -0.05) is 54.2 Å². The highest BCUT2D eigenvalue weighted by Crippen LogP contribution is 2.36. The van der Waals surface area contributed by atoms with Crippen molar-refractivity contribution in [1.29, 1.82) is 0 Å². The molecule has 2 aromatic carbocycles. The number of hydrogen-bond acceptors (Lipinski definition) is 6. The maximum absolute atomic E-state index is 11.1. The predicted octanol–water partition coefficient (Wildman–Crippen LogP) is 5.15. The average molecular weight is 417 g/mol. The fourth-order valence-electron chi connectivity index (χ4n) is 3.11. The van der Waals surface area contributed by atoms with Gasteiger partial charge in [-0.15, -0.1) is 10.2 Å². The quantitative estimate of drug-likeness (QED) is 0.235. The van der Waals surface area contributed by atoms with Gasteiger partial charge in [0.15, 0.2) is 11.0 Å².